The molecular formula is C12H24N2O2. The van der Waals surface area contributed by atoms with E-state index in [0.717, 1.165) is 6.54 Å². The Morgan fingerprint density at radius 2 is 2.06 bits per heavy atom. The summed E-state index contributed by atoms with van der Waals surface area (Å²) in [6.07, 6.45) is 4.29. The van der Waals surface area contributed by atoms with Crippen LogP contribution < -0.4 is 10.6 Å². The molecule has 0 bridgehead atoms. The van der Waals surface area contributed by atoms with Crippen molar-refractivity contribution in [2.75, 3.05) is 19.7 Å². The molecule has 0 aromatic heterocycles. The molecule has 0 aliphatic heterocycles. The van der Waals surface area contributed by atoms with E-state index < -0.39 is 0 Å². The van der Waals surface area contributed by atoms with Gasteiger partial charge in [-0.05, 0) is 37.0 Å². The van der Waals surface area contributed by atoms with E-state index in [1.54, 1.807) is 0 Å². The van der Waals surface area contributed by atoms with Crippen molar-refractivity contribution in [1.82, 2.24) is 10.6 Å². The number of carbonyl (C=O) groups is 1. The first kappa shape index (κ1) is 13.3. The van der Waals surface area contributed by atoms with Crippen molar-refractivity contribution in [3.63, 3.8) is 0 Å². The van der Waals surface area contributed by atoms with Crippen LogP contribution in [0, 0.1) is 11.3 Å². The molecule has 2 amide bonds. The summed E-state index contributed by atoms with van der Waals surface area (Å²) in [7, 11) is 0. The van der Waals surface area contributed by atoms with Crippen LogP contribution in [-0.4, -0.2) is 30.8 Å². The van der Waals surface area contributed by atoms with Crippen molar-refractivity contribution in [2.45, 2.75) is 39.5 Å². The normalized spacial score (nSPS) is 17.2. The van der Waals surface area contributed by atoms with Gasteiger partial charge in [-0.1, -0.05) is 13.8 Å². The number of aliphatic hydroxyl groups is 1. The lowest BCUT2D eigenvalue weighted by Gasteiger charge is -2.18. The second-order valence-corrected chi connectivity index (χ2v) is 5.28. The third-order valence-corrected chi connectivity index (χ3v) is 3.04. The zero-order valence-electron chi connectivity index (χ0n) is 10.4. The van der Waals surface area contributed by atoms with Gasteiger partial charge in [0, 0.05) is 19.7 Å². The summed E-state index contributed by atoms with van der Waals surface area (Å²) in [4.78, 5) is 11.4. The number of rotatable bonds is 7. The third-order valence-electron chi connectivity index (χ3n) is 3.04. The topological polar surface area (TPSA) is 61.4 Å². The van der Waals surface area contributed by atoms with Gasteiger partial charge in [0.1, 0.15) is 0 Å². The molecule has 0 spiro atoms. The largest absolute Gasteiger partial charge is 0.396 e. The molecule has 0 aromatic rings. The molecule has 4 heteroatoms. The summed E-state index contributed by atoms with van der Waals surface area (Å²) in [5, 5.41) is 14.2. The summed E-state index contributed by atoms with van der Waals surface area (Å²) in [5.74, 6) is 0.696. The monoisotopic (exact) mass is 228 g/mol. The molecule has 94 valence electrons. The van der Waals surface area contributed by atoms with Gasteiger partial charge in [0.15, 0.2) is 0 Å². The summed E-state index contributed by atoms with van der Waals surface area (Å²) < 4.78 is 0. The van der Waals surface area contributed by atoms with E-state index in [-0.39, 0.29) is 12.6 Å². The van der Waals surface area contributed by atoms with Crippen molar-refractivity contribution in [3.05, 3.63) is 0 Å². The first-order chi connectivity index (χ1) is 7.58. The summed E-state index contributed by atoms with van der Waals surface area (Å²) >= 11 is 0. The van der Waals surface area contributed by atoms with Crippen molar-refractivity contribution in [1.29, 1.82) is 0 Å². The quantitative estimate of drug-likeness (QED) is 0.578. The van der Waals surface area contributed by atoms with E-state index in [9.17, 15) is 4.79 Å². The van der Waals surface area contributed by atoms with Gasteiger partial charge in [-0.2, -0.15) is 0 Å². The van der Waals surface area contributed by atoms with Crippen molar-refractivity contribution < 1.29 is 9.90 Å². The highest BCUT2D eigenvalue weighted by Gasteiger charge is 2.42. The van der Waals surface area contributed by atoms with Crippen LogP contribution in [0.1, 0.15) is 39.5 Å². The highest BCUT2D eigenvalue weighted by atomic mass is 16.3. The Balaban J connectivity index is 2.11. The number of urea groups is 1. The Labute approximate surface area is 97.8 Å². The van der Waals surface area contributed by atoms with Crippen LogP contribution >= 0.6 is 0 Å². The van der Waals surface area contributed by atoms with E-state index in [1.807, 2.05) is 0 Å². The van der Waals surface area contributed by atoms with Crippen molar-refractivity contribution in [3.8, 4) is 0 Å². The van der Waals surface area contributed by atoms with E-state index >= 15 is 0 Å². The maximum atomic E-state index is 11.4. The minimum absolute atomic E-state index is 0.108. The fourth-order valence-electron chi connectivity index (χ4n) is 2.11. The standard InChI is InChI=1S/C12H24N2O2/c1-10(2)8-12(4-5-12)9-14-11(16)13-6-3-7-15/h10,15H,3-9H2,1-2H3,(H2,13,14,16). The fourth-order valence-corrected chi connectivity index (χ4v) is 2.11. The number of amides is 2. The molecule has 0 aromatic carbocycles. The van der Waals surface area contributed by atoms with Gasteiger partial charge in [0.25, 0.3) is 0 Å². The molecule has 0 heterocycles. The van der Waals surface area contributed by atoms with Crippen LogP contribution in [0.5, 0.6) is 0 Å². The Morgan fingerprint density at radius 3 is 2.56 bits per heavy atom. The number of carbonyl (C=O) groups excluding carboxylic acids is 1. The molecule has 0 radical (unpaired) electrons. The van der Waals surface area contributed by atoms with E-state index in [2.05, 4.69) is 24.5 Å². The van der Waals surface area contributed by atoms with Crippen molar-refractivity contribution >= 4 is 6.03 Å². The maximum Gasteiger partial charge on any atom is 0.314 e. The zero-order valence-corrected chi connectivity index (χ0v) is 10.4. The number of nitrogens with one attached hydrogen (secondary N) is 2. The smallest absolute Gasteiger partial charge is 0.314 e. The van der Waals surface area contributed by atoms with Gasteiger partial charge in [0.05, 0.1) is 0 Å². The van der Waals surface area contributed by atoms with Gasteiger partial charge in [-0.15, -0.1) is 0 Å². The molecule has 0 saturated heterocycles. The highest BCUT2D eigenvalue weighted by Crippen LogP contribution is 2.49. The highest BCUT2D eigenvalue weighted by molar-refractivity contribution is 5.73. The lowest BCUT2D eigenvalue weighted by Crippen LogP contribution is -2.39. The van der Waals surface area contributed by atoms with Gasteiger partial charge in [-0.3, -0.25) is 0 Å². The van der Waals surface area contributed by atoms with E-state index in [4.69, 9.17) is 5.11 Å². The van der Waals surface area contributed by atoms with Gasteiger partial charge in [0.2, 0.25) is 0 Å². The molecule has 3 N–H and O–H groups in total. The third kappa shape index (κ3) is 4.84. The van der Waals surface area contributed by atoms with Crippen LogP contribution in [0.4, 0.5) is 4.79 Å². The average Bonchev–Trinajstić information content (AvgIpc) is 2.95. The molecular weight excluding hydrogens is 204 g/mol. The van der Waals surface area contributed by atoms with E-state index in [0.29, 0.717) is 24.3 Å². The van der Waals surface area contributed by atoms with Crippen molar-refractivity contribution in [2.24, 2.45) is 11.3 Å². The molecule has 0 unspecified atom stereocenters. The molecule has 1 aliphatic carbocycles. The van der Waals surface area contributed by atoms with Gasteiger partial charge in [-0.25, -0.2) is 4.79 Å². The minimum Gasteiger partial charge on any atom is -0.396 e. The molecule has 1 aliphatic rings. The van der Waals surface area contributed by atoms with Crippen LogP contribution in [-0.2, 0) is 0 Å². The van der Waals surface area contributed by atoms with Gasteiger partial charge < -0.3 is 15.7 Å². The molecule has 1 rings (SSSR count). The Kier molecular flexibility index (Phi) is 5.06. The molecule has 1 saturated carbocycles. The Bertz CT molecular complexity index is 225. The first-order valence-corrected chi connectivity index (χ1v) is 6.20. The number of aliphatic hydroxyl groups excluding tert-OH is 1. The van der Waals surface area contributed by atoms with Gasteiger partial charge >= 0.3 is 6.03 Å². The average molecular weight is 228 g/mol. The Morgan fingerprint density at radius 1 is 1.38 bits per heavy atom. The zero-order chi connectivity index (χ0) is 12.0. The SMILES string of the molecule is CC(C)CC1(CNC(=O)NCCCO)CC1. The Hall–Kier alpha value is -0.770. The summed E-state index contributed by atoms with van der Waals surface area (Å²) in [6.45, 7) is 5.90. The summed E-state index contributed by atoms with van der Waals surface area (Å²) in [5.41, 5.74) is 0.377. The maximum absolute atomic E-state index is 11.4. The van der Waals surface area contributed by atoms with E-state index in [1.165, 1.54) is 19.3 Å². The molecule has 16 heavy (non-hydrogen) atoms. The number of hydrogen-bond acceptors (Lipinski definition) is 2. The molecule has 0 atom stereocenters. The second-order valence-electron chi connectivity index (χ2n) is 5.28. The predicted octanol–water partition coefficient (Wildman–Crippen LogP) is 1.49. The lowest BCUT2D eigenvalue weighted by atomic mass is 9.94. The van der Waals surface area contributed by atoms with Crippen LogP contribution in [0.2, 0.25) is 0 Å². The first-order valence-electron chi connectivity index (χ1n) is 6.20. The minimum atomic E-state index is -0.108. The van der Waals surface area contributed by atoms with Crippen LogP contribution in [0.3, 0.4) is 0 Å². The lowest BCUT2D eigenvalue weighted by molar-refractivity contribution is 0.234. The second kappa shape index (κ2) is 6.09. The summed E-state index contributed by atoms with van der Waals surface area (Å²) in [6, 6.07) is -0.108. The van der Waals surface area contributed by atoms with Crippen LogP contribution in [0.15, 0.2) is 0 Å². The predicted molar refractivity (Wildman–Crippen MR) is 64.2 cm³/mol. The molecule has 1 fully saturated rings. The number of hydrogen-bond donors (Lipinski definition) is 3. The fraction of sp³-hybridized carbons (Fsp3) is 0.917. The van der Waals surface area contributed by atoms with Crippen LogP contribution in [0.25, 0.3) is 0 Å². The molecule has 4 nitrogen and oxygen atoms in total.